The van der Waals surface area contributed by atoms with E-state index < -0.39 is 0 Å². The van der Waals surface area contributed by atoms with Crippen LogP contribution in [0.2, 0.25) is 0 Å². The first-order valence-corrected chi connectivity index (χ1v) is 9.19. The van der Waals surface area contributed by atoms with Crippen molar-refractivity contribution in [3.05, 3.63) is 23.8 Å². The van der Waals surface area contributed by atoms with Gasteiger partial charge in [-0.05, 0) is 42.9 Å². The average Bonchev–Trinajstić information content (AvgIpc) is 2.46. The highest BCUT2D eigenvalue weighted by Crippen LogP contribution is 2.41. The molecule has 0 saturated heterocycles. The first-order chi connectivity index (χ1) is 10.2. The lowest BCUT2D eigenvalue weighted by molar-refractivity contribution is 0.267. The molecule has 0 spiro atoms. The predicted molar refractivity (Wildman–Crippen MR) is 91.6 cm³/mol. The molecule has 2 nitrogen and oxygen atoms in total. The van der Waals surface area contributed by atoms with Gasteiger partial charge in [-0.25, -0.2) is 0 Å². The zero-order valence-electron chi connectivity index (χ0n) is 13.2. The summed E-state index contributed by atoms with van der Waals surface area (Å²) in [4.78, 5) is 0.423. The Morgan fingerprint density at radius 1 is 1.10 bits per heavy atom. The van der Waals surface area contributed by atoms with Crippen LogP contribution in [-0.4, -0.2) is 13.2 Å². The fourth-order valence-corrected chi connectivity index (χ4v) is 3.35. The number of alkyl halides is 1. The van der Waals surface area contributed by atoms with E-state index in [0.717, 1.165) is 43.5 Å². The van der Waals surface area contributed by atoms with Crippen LogP contribution in [0.3, 0.4) is 0 Å². The molecular formula is C18H27BrO2. The molecule has 1 saturated carbocycles. The first-order valence-electron chi connectivity index (χ1n) is 8.28. The molecule has 1 fully saturated rings. The van der Waals surface area contributed by atoms with Gasteiger partial charge in [0, 0.05) is 4.83 Å². The molecule has 0 radical (unpaired) electrons. The fraction of sp³-hybridized carbons (Fsp3) is 0.667. The van der Waals surface area contributed by atoms with Gasteiger partial charge in [-0.15, -0.1) is 0 Å². The third kappa shape index (κ3) is 4.91. The van der Waals surface area contributed by atoms with E-state index in [1.165, 1.54) is 31.2 Å². The molecule has 0 N–H and O–H groups in total. The Balaban J connectivity index is 2.06. The van der Waals surface area contributed by atoms with Crippen molar-refractivity contribution in [2.24, 2.45) is 5.92 Å². The molecule has 21 heavy (non-hydrogen) atoms. The largest absolute Gasteiger partial charge is 0.490 e. The molecule has 0 amide bonds. The molecule has 118 valence electrons. The third-order valence-electron chi connectivity index (χ3n) is 4.02. The molecule has 0 heterocycles. The summed E-state index contributed by atoms with van der Waals surface area (Å²) < 4.78 is 11.7. The van der Waals surface area contributed by atoms with Crippen LogP contribution in [0.5, 0.6) is 11.5 Å². The minimum absolute atomic E-state index is 0.423. The predicted octanol–water partition coefficient (Wildman–Crippen LogP) is 5.89. The number of halogens is 1. The van der Waals surface area contributed by atoms with Crippen molar-refractivity contribution in [2.75, 3.05) is 13.2 Å². The van der Waals surface area contributed by atoms with Crippen molar-refractivity contribution < 1.29 is 9.47 Å². The van der Waals surface area contributed by atoms with E-state index in [1.807, 2.05) is 0 Å². The quantitative estimate of drug-likeness (QED) is 0.514. The van der Waals surface area contributed by atoms with Crippen LogP contribution in [0.15, 0.2) is 18.2 Å². The smallest absolute Gasteiger partial charge is 0.161 e. The van der Waals surface area contributed by atoms with Crippen LogP contribution in [0, 0.1) is 5.92 Å². The van der Waals surface area contributed by atoms with Crippen molar-refractivity contribution in [1.29, 1.82) is 0 Å². The molecule has 1 unspecified atom stereocenters. The zero-order valence-corrected chi connectivity index (χ0v) is 14.8. The van der Waals surface area contributed by atoms with E-state index in [-0.39, 0.29) is 0 Å². The van der Waals surface area contributed by atoms with Crippen molar-refractivity contribution in [3.8, 4) is 11.5 Å². The standard InChI is InChI=1S/C18H27BrO2/c1-3-10-20-17-9-8-15(13-18(17)21-11-4-2)16(19)12-14-6-5-7-14/h8-9,13-14,16H,3-7,10-12H2,1-2H3. The van der Waals surface area contributed by atoms with E-state index in [1.54, 1.807) is 0 Å². The van der Waals surface area contributed by atoms with Crippen molar-refractivity contribution in [2.45, 2.75) is 57.2 Å². The summed E-state index contributed by atoms with van der Waals surface area (Å²) in [5, 5.41) is 0. The van der Waals surface area contributed by atoms with E-state index in [2.05, 4.69) is 48.0 Å². The van der Waals surface area contributed by atoms with Gasteiger partial charge in [-0.2, -0.15) is 0 Å². The Kier molecular flexibility index (Phi) is 6.88. The number of benzene rings is 1. The molecule has 1 aromatic rings. The number of ether oxygens (including phenoxy) is 2. The van der Waals surface area contributed by atoms with Crippen LogP contribution in [0.4, 0.5) is 0 Å². The maximum Gasteiger partial charge on any atom is 0.161 e. The summed E-state index contributed by atoms with van der Waals surface area (Å²) in [5.74, 6) is 2.66. The van der Waals surface area contributed by atoms with Gasteiger partial charge < -0.3 is 9.47 Å². The number of hydrogen-bond donors (Lipinski definition) is 0. The van der Waals surface area contributed by atoms with Gasteiger partial charge in [-0.1, -0.05) is 55.1 Å². The molecule has 1 aliphatic carbocycles. The summed E-state index contributed by atoms with van der Waals surface area (Å²) in [7, 11) is 0. The summed E-state index contributed by atoms with van der Waals surface area (Å²) in [6, 6.07) is 6.38. The van der Waals surface area contributed by atoms with Crippen LogP contribution < -0.4 is 9.47 Å². The van der Waals surface area contributed by atoms with E-state index >= 15 is 0 Å². The lowest BCUT2D eigenvalue weighted by atomic mass is 9.81. The molecule has 1 atom stereocenters. The van der Waals surface area contributed by atoms with Crippen molar-refractivity contribution in [1.82, 2.24) is 0 Å². The zero-order chi connectivity index (χ0) is 15.1. The lowest BCUT2D eigenvalue weighted by Crippen LogP contribution is -2.13. The van der Waals surface area contributed by atoms with Gasteiger partial charge in [0.15, 0.2) is 11.5 Å². The van der Waals surface area contributed by atoms with Gasteiger partial charge in [0.25, 0.3) is 0 Å². The second kappa shape index (κ2) is 8.67. The highest BCUT2D eigenvalue weighted by atomic mass is 79.9. The molecule has 3 heteroatoms. The summed E-state index contributed by atoms with van der Waals surface area (Å²) in [6.45, 7) is 5.72. The molecule has 1 aliphatic rings. The molecule has 0 aliphatic heterocycles. The highest BCUT2D eigenvalue weighted by molar-refractivity contribution is 9.09. The average molecular weight is 355 g/mol. The Hall–Kier alpha value is -0.700. The molecule has 0 bridgehead atoms. The second-order valence-corrected chi connectivity index (χ2v) is 7.01. The first kappa shape index (κ1) is 16.7. The van der Waals surface area contributed by atoms with E-state index in [9.17, 15) is 0 Å². The van der Waals surface area contributed by atoms with Gasteiger partial charge in [0.2, 0.25) is 0 Å². The van der Waals surface area contributed by atoms with E-state index in [0.29, 0.717) is 4.83 Å². The molecule has 2 rings (SSSR count). The summed E-state index contributed by atoms with van der Waals surface area (Å²) >= 11 is 3.84. The van der Waals surface area contributed by atoms with Gasteiger partial charge in [0.05, 0.1) is 13.2 Å². The maximum atomic E-state index is 5.87. The molecule has 1 aromatic carbocycles. The van der Waals surface area contributed by atoms with Gasteiger partial charge in [-0.3, -0.25) is 0 Å². The SMILES string of the molecule is CCCOc1ccc(C(Br)CC2CCC2)cc1OCCC. The van der Waals surface area contributed by atoms with Gasteiger partial charge in [0.1, 0.15) is 0 Å². The van der Waals surface area contributed by atoms with Crippen LogP contribution in [0.1, 0.15) is 62.8 Å². The number of rotatable bonds is 9. The van der Waals surface area contributed by atoms with Crippen LogP contribution in [-0.2, 0) is 0 Å². The maximum absolute atomic E-state index is 5.87. The highest BCUT2D eigenvalue weighted by Gasteiger charge is 2.22. The summed E-state index contributed by atoms with van der Waals surface area (Å²) in [6.07, 6.45) is 7.42. The number of hydrogen-bond acceptors (Lipinski definition) is 2. The minimum atomic E-state index is 0.423. The van der Waals surface area contributed by atoms with Crippen molar-refractivity contribution >= 4 is 15.9 Å². The lowest BCUT2D eigenvalue weighted by Gasteiger charge is -2.27. The van der Waals surface area contributed by atoms with Crippen LogP contribution >= 0.6 is 15.9 Å². The topological polar surface area (TPSA) is 18.5 Å². The van der Waals surface area contributed by atoms with E-state index in [4.69, 9.17) is 9.47 Å². The Morgan fingerprint density at radius 3 is 2.33 bits per heavy atom. The minimum Gasteiger partial charge on any atom is -0.490 e. The van der Waals surface area contributed by atoms with Gasteiger partial charge >= 0.3 is 0 Å². The monoisotopic (exact) mass is 354 g/mol. The fourth-order valence-electron chi connectivity index (χ4n) is 2.53. The second-order valence-electron chi connectivity index (χ2n) is 5.90. The summed E-state index contributed by atoms with van der Waals surface area (Å²) in [5.41, 5.74) is 1.30. The Labute approximate surface area is 137 Å². The Bertz CT molecular complexity index is 429. The molecular weight excluding hydrogens is 328 g/mol. The molecule has 0 aromatic heterocycles. The van der Waals surface area contributed by atoms with Crippen LogP contribution in [0.25, 0.3) is 0 Å². The normalized spacial score (nSPS) is 16.3. The van der Waals surface area contributed by atoms with Crippen molar-refractivity contribution in [3.63, 3.8) is 0 Å². The Morgan fingerprint density at radius 2 is 1.76 bits per heavy atom. The third-order valence-corrected chi connectivity index (χ3v) is 4.92.